The molecule has 1 atom stereocenters. The van der Waals surface area contributed by atoms with Crippen molar-refractivity contribution < 1.29 is 17.9 Å². The monoisotopic (exact) mass is 342 g/mol. The van der Waals surface area contributed by atoms with Crippen LogP contribution < -0.4 is 14.4 Å². The first kappa shape index (κ1) is 19.3. The van der Waals surface area contributed by atoms with Gasteiger partial charge in [-0.25, -0.2) is 8.42 Å². The van der Waals surface area contributed by atoms with Crippen LogP contribution >= 0.6 is 0 Å². The molecule has 1 aromatic carbocycles. The van der Waals surface area contributed by atoms with Gasteiger partial charge in [0.15, 0.2) is 6.10 Å². The predicted molar refractivity (Wildman–Crippen MR) is 92.3 cm³/mol. The van der Waals surface area contributed by atoms with Crippen molar-refractivity contribution in [2.45, 2.75) is 45.8 Å². The number of amides is 1. The molecule has 23 heavy (non-hydrogen) atoms. The minimum atomic E-state index is -3.30. The second-order valence-corrected chi connectivity index (χ2v) is 8.49. The summed E-state index contributed by atoms with van der Waals surface area (Å²) in [6, 6.07) is 6.60. The minimum absolute atomic E-state index is 0.169. The average Bonchev–Trinajstić information content (AvgIpc) is 2.41. The van der Waals surface area contributed by atoms with Crippen LogP contribution in [0.2, 0.25) is 0 Å². The molecule has 7 heteroatoms. The highest BCUT2D eigenvalue weighted by Gasteiger charge is 2.23. The van der Waals surface area contributed by atoms with Crippen LogP contribution in [0.15, 0.2) is 24.3 Å². The Bertz CT molecular complexity index is 633. The summed E-state index contributed by atoms with van der Waals surface area (Å²) >= 11 is 0. The number of carbonyl (C=O) groups is 1. The third-order valence-corrected chi connectivity index (χ3v) is 4.34. The van der Waals surface area contributed by atoms with Crippen molar-refractivity contribution in [2.75, 3.05) is 17.6 Å². The van der Waals surface area contributed by atoms with Gasteiger partial charge in [-0.05, 0) is 51.5 Å². The molecule has 0 fully saturated rings. The number of nitrogens with one attached hydrogen (secondary N) is 1. The largest absolute Gasteiger partial charge is 0.481 e. The van der Waals surface area contributed by atoms with Crippen molar-refractivity contribution in [1.29, 1.82) is 0 Å². The van der Waals surface area contributed by atoms with Gasteiger partial charge in [-0.1, -0.05) is 6.92 Å². The second-order valence-electron chi connectivity index (χ2n) is 6.48. The molecule has 0 unspecified atom stereocenters. The van der Waals surface area contributed by atoms with Crippen LogP contribution in [0.25, 0.3) is 0 Å². The van der Waals surface area contributed by atoms with Gasteiger partial charge in [0.25, 0.3) is 5.91 Å². The topological polar surface area (TPSA) is 75.7 Å². The van der Waals surface area contributed by atoms with Crippen molar-refractivity contribution in [2.24, 2.45) is 0 Å². The number of ether oxygens (including phenoxy) is 1. The summed E-state index contributed by atoms with van der Waals surface area (Å²) in [4.78, 5) is 12.2. The number of nitrogens with zero attached hydrogens (tertiary/aromatic N) is 1. The van der Waals surface area contributed by atoms with E-state index in [4.69, 9.17) is 4.74 Å². The maximum atomic E-state index is 12.2. The van der Waals surface area contributed by atoms with Crippen molar-refractivity contribution in [3.63, 3.8) is 0 Å². The molecule has 0 radical (unpaired) electrons. The average molecular weight is 342 g/mol. The molecule has 130 valence electrons. The van der Waals surface area contributed by atoms with Crippen LogP contribution in [0.5, 0.6) is 5.75 Å². The maximum absolute atomic E-state index is 12.2. The standard InChI is InChI=1S/C16H26N2O4S/c1-7-14(15(19)17-16(2,3)4)22-13-10-8-12(9-11-13)18(5)23(6,20)21/h8-11,14H,7H2,1-6H3,(H,17,19)/t14-/m0/s1. The van der Waals surface area contributed by atoms with Gasteiger partial charge in [-0.3, -0.25) is 9.10 Å². The van der Waals surface area contributed by atoms with E-state index in [2.05, 4.69) is 5.32 Å². The Morgan fingerprint density at radius 3 is 2.17 bits per heavy atom. The van der Waals surface area contributed by atoms with E-state index in [0.29, 0.717) is 17.9 Å². The fraction of sp³-hybridized carbons (Fsp3) is 0.562. The highest BCUT2D eigenvalue weighted by atomic mass is 32.2. The van der Waals surface area contributed by atoms with E-state index in [0.717, 1.165) is 6.26 Å². The van der Waals surface area contributed by atoms with E-state index in [-0.39, 0.29) is 11.4 Å². The van der Waals surface area contributed by atoms with E-state index in [1.54, 1.807) is 24.3 Å². The van der Waals surface area contributed by atoms with E-state index in [1.807, 2.05) is 27.7 Å². The van der Waals surface area contributed by atoms with Gasteiger partial charge in [0, 0.05) is 12.6 Å². The second kappa shape index (κ2) is 7.21. The Kier molecular flexibility index (Phi) is 6.04. The SMILES string of the molecule is CC[C@H](Oc1ccc(N(C)S(C)(=O)=O)cc1)C(=O)NC(C)(C)C. The molecule has 0 aliphatic rings. The summed E-state index contributed by atoms with van der Waals surface area (Å²) < 4.78 is 29.9. The first-order chi connectivity index (χ1) is 10.4. The lowest BCUT2D eigenvalue weighted by Gasteiger charge is -2.25. The molecule has 0 aliphatic heterocycles. The van der Waals surface area contributed by atoms with E-state index in [9.17, 15) is 13.2 Å². The molecule has 6 nitrogen and oxygen atoms in total. The van der Waals surface area contributed by atoms with Crippen LogP contribution in [0.4, 0.5) is 5.69 Å². The maximum Gasteiger partial charge on any atom is 0.261 e. The molecule has 0 heterocycles. The van der Waals surface area contributed by atoms with Gasteiger partial charge in [0.05, 0.1) is 11.9 Å². The van der Waals surface area contributed by atoms with Gasteiger partial charge in [-0.2, -0.15) is 0 Å². The molecule has 0 aliphatic carbocycles. The summed E-state index contributed by atoms with van der Waals surface area (Å²) in [6.45, 7) is 7.60. The number of benzene rings is 1. The van der Waals surface area contributed by atoms with Crippen molar-refractivity contribution in [3.8, 4) is 5.75 Å². The molecule has 0 saturated heterocycles. The molecule has 0 bridgehead atoms. The molecule has 1 aromatic rings. The molecule has 0 aromatic heterocycles. The van der Waals surface area contributed by atoms with E-state index < -0.39 is 16.1 Å². The van der Waals surface area contributed by atoms with Crippen LogP contribution in [0, 0.1) is 0 Å². The fourth-order valence-electron chi connectivity index (χ4n) is 1.86. The number of carbonyl (C=O) groups excluding carboxylic acids is 1. The van der Waals surface area contributed by atoms with Crippen LogP contribution in [-0.4, -0.2) is 39.3 Å². The molecule has 1 rings (SSSR count). The van der Waals surface area contributed by atoms with Gasteiger partial charge in [0.2, 0.25) is 10.0 Å². The summed E-state index contributed by atoms with van der Waals surface area (Å²) in [5.41, 5.74) is 0.211. The van der Waals surface area contributed by atoms with Gasteiger partial charge in [0.1, 0.15) is 5.75 Å². The lowest BCUT2D eigenvalue weighted by atomic mass is 10.1. The summed E-state index contributed by atoms with van der Waals surface area (Å²) in [6.07, 6.45) is 1.08. The number of rotatable bonds is 6. The number of anilines is 1. The van der Waals surface area contributed by atoms with Crippen LogP contribution in [0.1, 0.15) is 34.1 Å². The lowest BCUT2D eigenvalue weighted by molar-refractivity contribution is -0.129. The summed E-state index contributed by atoms with van der Waals surface area (Å²) in [5.74, 6) is 0.351. The van der Waals surface area contributed by atoms with E-state index in [1.165, 1.54) is 11.4 Å². The molecule has 1 amide bonds. The zero-order valence-electron chi connectivity index (χ0n) is 14.6. The van der Waals surface area contributed by atoms with Gasteiger partial charge in [-0.15, -0.1) is 0 Å². The Balaban J connectivity index is 2.82. The molecule has 0 spiro atoms. The Hall–Kier alpha value is -1.76. The summed E-state index contributed by atoms with van der Waals surface area (Å²) in [5, 5.41) is 2.89. The zero-order chi connectivity index (χ0) is 17.8. The van der Waals surface area contributed by atoms with Crippen molar-refractivity contribution >= 4 is 21.6 Å². The smallest absolute Gasteiger partial charge is 0.261 e. The van der Waals surface area contributed by atoms with Crippen molar-refractivity contribution in [3.05, 3.63) is 24.3 Å². The third-order valence-electron chi connectivity index (χ3n) is 3.14. The molecular weight excluding hydrogens is 316 g/mol. The molecule has 1 N–H and O–H groups in total. The number of hydrogen-bond donors (Lipinski definition) is 1. The normalized spacial score (nSPS) is 13.3. The Morgan fingerprint density at radius 1 is 1.26 bits per heavy atom. The molecular formula is C16H26N2O4S. The minimum Gasteiger partial charge on any atom is -0.481 e. The quantitative estimate of drug-likeness (QED) is 0.859. The zero-order valence-corrected chi connectivity index (χ0v) is 15.4. The van der Waals surface area contributed by atoms with Crippen LogP contribution in [0.3, 0.4) is 0 Å². The highest BCUT2D eigenvalue weighted by Crippen LogP contribution is 2.21. The summed E-state index contributed by atoms with van der Waals surface area (Å²) in [7, 11) is -1.82. The van der Waals surface area contributed by atoms with E-state index >= 15 is 0 Å². The lowest BCUT2D eigenvalue weighted by Crippen LogP contribution is -2.47. The third kappa shape index (κ3) is 6.09. The highest BCUT2D eigenvalue weighted by molar-refractivity contribution is 7.92. The number of hydrogen-bond acceptors (Lipinski definition) is 4. The molecule has 0 saturated carbocycles. The number of sulfonamides is 1. The van der Waals surface area contributed by atoms with Gasteiger partial charge >= 0.3 is 0 Å². The predicted octanol–water partition coefficient (Wildman–Crippen LogP) is 2.15. The van der Waals surface area contributed by atoms with Crippen molar-refractivity contribution in [1.82, 2.24) is 5.32 Å². The fourth-order valence-corrected chi connectivity index (χ4v) is 2.37. The van der Waals surface area contributed by atoms with Gasteiger partial charge < -0.3 is 10.1 Å². The Labute approximate surface area is 138 Å². The first-order valence-electron chi connectivity index (χ1n) is 7.46. The Morgan fingerprint density at radius 2 is 1.78 bits per heavy atom. The van der Waals surface area contributed by atoms with Crippen LogP contribution in [-0.2, 0) is 14.8 Å². The first-order valence-corrected chi connectivity index (χ1v) is 9.31.